The van der Waals surface area contributed by atoms with Crippen LogP contribution in [0.1, 0.15) is 36.5 Å². The van der Waals surface area contributed by atoms with Crippen LogP contribution in [0.5, 0.6) is 0 Å². The zero-order valence-corrected chi connectivity index (χ0v) is 39.2. The van der Waals surface area contributed by atoms with E-state index in [1.165, 1.54) is 127 Å². The molecule has 0 N–H and O–H groups in total. The van der Waals surface area contributed by atoms with Crippen molar-refractivity contribution in [2.24, 2.45) is 0 Å². The predicted molar refractivity (Wildman–Crippen MR) is 298 cm³/mol. The smallest absolute Gasteiger partial charge is 0.0463 e. The summed E-state index contributed by atoms with van der Waals surface area (Å²) in [5, 5.41) is 7.52. The molecule has 12 aromatic carbocycles. The first kappa shape index (κ1) is 41.6. The lowest BCUT2D eigenvalue weighted by Crippen LogP contribution is -2.26. The van der Waals surface area contributed by atoms with Gasteiger partial charge in [0, 0.05) is 5.41 Å². The molecule has 1 atom stereocenters. The average molecular weight is 891 g/mol. The minimum absolute atomic E-state index is 0.291. The number of rotatable bonds is 9. The number of hydrogen-bond acceptors (Lipinski definition) is 0. The van der Waals surface area contributed by atoms with Crippen molar-refractivity contribution in [3.8, 4) is 77.9 Å². The molecule has 1 unspecified atom stereocenters. The maximum atomic E-state index is 2.56. The van der Waals surface area contributed by atoms with Gasteiger partial charge in [0.25, 0.3) is 0 Å². The van der Waals surface area contributed by atoms with Gasteiger partial charge < -0.3 is 0 Å². The van der Waals surface area contributed by atoms with Gasteiger partial charge in [-0.15, -0.1) is 0 Å². The molecule has 13 rings (SSSR count). The standard InChI is InChI=1S/C70H50/c1-2-42-70(55-37-34-50(35-38-55)47-20-6-3-7-21-47)66-33-19-18-28-59(66)60-39-36-51(46-67(60)70)68-61-29-14-16-31-63(61)69(64-32-17-15-30-62(64)68)65-41-40-56(57-26-12-13-27-58(57)65)54-44-52(48-22-8-4-9-23-48)43-53(45-54)49-24-10-5-11-25-49/h3-41,43-46H,2,42H2,1H3. The lowest BCUT2D eigenvalue weighted by Gasteiger charge is -2.33. The molecule has 0 aromatic heterocycles. The Bertz CT molecular complexity index is 3810. The fourth-order valence-electron chi connectivity index (χ4n) is 12.1. The largest absolute Gasteiger partial charge is 0.0653 e. The van der Waals surface area contributed by atoms with E-state index in [0.29, 0.717) is 0 Å². The Balaban J connectivity index is 1.00. The predicted octanol–water partition coefficient (Wildman–Crippen LogP) is 19.3. The highest BCUT2D eigenvalue weighted by Gasteiger charge is 2.44. The number of hydrogen-bond donors (Lipinski definition) is 0. The molecule has 70 heavy (non-hydrogen) atoms. The van der Waals surface area contributed by atoms with E-state index >= 15 is 0 Å². The Morgan fingerprint density at radius 2 is 0.657 bits per heavy atom. The molecule has 0 heteroatoms. The quantitative estimate of drug-likeness (QED) is 0.127. The summed E-state index contributed by atoms with van der Waals surface area (Å²) in [5.41, 5.74) is 21.3. The van der Waals surface area contributed by atoms with Gasteiger partial charge in [-0.2, -0.15) is 0 Å². The summed E-state index contributed by atoms with van der Waals surface area (Å²) in [4.78, 5) is 0. The lowest BCUT2D eigenvalue weighted by atomic mass is 9.69. The second-order valence-electron chi connectivity index (χ2n) is 19.0. The number of fused-ring (bicyclic) bond motifs is 6. The molecule has 1 aliphatic carbocycles. The van der Waals surface area contributed by atoms with Crippen LogP contribution in [0, 0.1) is 0 Å². The molecular weight excluding hydrogens is 841 g/mol. The van der Waals surface area contributed by atoms with Crippen molar-refractivity contribution in [2.75, 3.05) is 0 Å². The molecule has 0 amide bonds. The third-order valence-corrected chi connectivity index (χ3v) is 15.1. The Morgan fingerprint density at radius 3 is 1.23 bits per heavy atom. The molecule has 12 aromatic rings. The van der Waals surface area contributed by atoms with E-state index in [0.717, 1.165) is 12.8 Å². The molecule has 0 aliphatic heterocycles. The molecule has 0 radical (unpaired) electrons. The van der Waals surface area contributed by atoms with E-state index in [1.54, 1.807) is 0 Å². The maximum absolute atomic E-state index is 2.56. The second-order valence-corrected chi connectivity index (χ2v) is 19.0. The monoisotopic (exact) mass is 890 g/mol. The van der Waals surface area contributed by atoms with Gasteiger partial charge in [0.2, 0.25) is 0 Å². The normalized spacial score (nSPS) is 14.0. The number of benzene rings is 12. The maximum Gasteiger partial charge on any atom is 0.0463 e. The zero-order chi connectivity index (χ0) is 46.6. The van der Waals surface area contributed by atoms with Gasteiger partial charge in [-0.3, -0.25) is 0 Å². The second kappa shape index (κ2) is 17.2. The molecule has 0 nitrogen and oxygen atoms in total. The highest BCUT2D eigenvalue weighted by atomic mass is 14.5. The van der Waals surface area contributed by atoms with E-state index in [1.807, 2.05) is 0 Å². The van der Waals surface area contributed by atoms with Crippen molar-refractivity contribution in [3.63, 3.8) is 0 Å². The van der Waals surface area contributed by atoms with Crippen LogP contribution >= 0.6 is 0 Å². The van der Waals surface area contributed by atoms with E-state index in [-0.39, 0.29) is 5.41 Å². The van der Waals surface area contributed by atoms with Crippen LogP contribution in [0.25, 0.3) is 110 Å². The van der Waals surface area contributed by atoms with Crippen molar-refractivity contribution in [1.82, 2.24) is 0 Å². The van der Waals surface area contributed by atoms with Crippen LogP contribution < -0.4 is 0 Å². The van der Waals surface area contributed by atoms with E-state index in [9.17, 15) is 0 Å². The third-order valence-electron chi connectivity index (χ3n) is 15.1. The van der Waals surface area contributed by atoms with Crippen molar-refractivity contribution < 1.29 is 0 Å². The van der Waals surface area contributed by atoms with Gasteiger partial charge in [-0.1, -0.05) is 250 Å². The summed E-state index contributed by atoms with van der Waals surface area (Å²) in [7, 11) is 0. The molecule has 0 saturated heterocycles. The van der Waals surface area contributed by atoms with Gasteiger partial charge in [0.1, 0.15) is 0 Å². The summed E-state index contributed by atoms with van der Waals surface area (Å²) in [6.45, 7) is 2.34. The average Bonchev–Trinajstić information content (AvgIpc) is 3.72. The Labute approximate surface area is 410 Å². The van der Waals surface area contributed by atoms with Crippen LogP contribution in [-0.4, -0.2) is 0 Å². The first-order chi connectivity index (χ1) is 34.7. The van der Waals surface area contributed by atoms with E-state index < -0.39 is 0 Å². The minimum atomic E-state index is -0.291. The zero-order valence-electron chi connectivity index (χ0n) is 39.2. The van der Waals surface area contributed by atoms with Crippen LogP contribution in [0.2, 0.25) is 0 Å². The molecule has 0 fully saturated rings. The summed E-state index contributed by atoms with van der Waals surface area (Å²) in [5.74, 6) is 0. The molecule has 330 valence electrons. The molecule has 0 saturated carbocycles. The molecule has 1 aliphatic rings. The molecular formula is C70H50. The first-order valence-corrected chi connectivity index (χ1v) is 24.8. The van der Waals surface area contributed by atoms with E-state index in [2.05, 4.69) is 268 Å². The Morgan fingerprint density at radius 1 is 0.257 bits per heavy atom. The highest BCUT2D eigenvalue weighted by Crippen LogP contribution is 2.57. The van der Waals surface area contributed by atoms with Crippen LogP contribution in [0.3, 0.4) is 0 Å². The minimum Gasteiger partial charge on any atom is -0.0653 e. The van der Waals surface area contributed by atoms with Gasteiger partial charge in [-0.25, -0.2) is 0 Å². The van der Waals surface area contributed by atoms with Gasteiger partial charge >= 0.3 is 0 Å². The molecule has 0 spiro atoms. The first-order valence-electron chi connectivity index (χ1n) is 24.8. The summed E-state index contributed by atoms with van der Waals surface area (Å²) in [6, 6.07) is 97.3. The summed E-state index contributed by atoms with van der Waals surface area (Å²) >= 11 is 0. The summed E-state index contributed by atoms with van der Waals surface area (Å²) < 4.78 is 0. The van der Waals surface area contributed by atoms with Crippen molar-refractivity contribution in [3.05, 3.63) is 278 Å². The van der Waals surface area contributed by atoms with Crippen molar-refractivity contribution in [2.45, 2.75) is 25.2 Å². The summed E-state index contributed by atoms with van der Waals surface area (Å²) in [6.07, 6.45) is 2.07. The van der Waals surface area contributed by atoms with Gasteiger partial charge in [0.05, 0.1) is 0 Å². The SMILES string of the molecule is CCCC1(c2ccc(-c3ccccc3)cc2)c2ccccc2-c2ccc(-c3c4ccccc4c(-c4ccc(-c5cc(-c6ccccc6)cc(-c6ccccc6)c5)c5ccccc45)c4ccccc34)cc21. The topological polar surface area (TPSA) is 0 Å². The van der Waals surface area contributed by atoms with Crippen molar-refractivity contribution in [1.29, 1.82) is 0 Å². The third kappa shape index (κ3) is 6.74. The molecule has 0 bridgehead atoms. The lowest BCUT2D eigenvalue weighted by molar-refractivity contribution is 0.563. The Kier molecular flexibility index (Phi) is 10.2. The molecule has 0 heterocycles. The fourth-order valence-corrected chi connectivity index (χ4v) is 12.1. The highest BCUT2D eigenvalue weighted by molar-refractivity contribution is 6.24. The van der Waals surface area contributed by atoms with Crippen molar-refractivity contribution >= 4 is 32.3 Å². The van der Waals surface area contributed by atoms with Gasteiger partial charge in [0.15, 0.2) is 0 Å². The van der Waals surface area contributed by atoms with Crippen LogP contribution in [0.4, 0.5) is 0 Å². The van der Waals surface area contributed by atoms with Gasteiger partial charge in [-0.05, 0) is 158 Å². The fraction of sp³-hybridized carbons (Fsp3) is 0.0571. The van der Waals surface area contributed by atoms with Crippen LogP contribution in [0.15, 0.2) is 261 Å². The Hall–Kier alpha value is -8.58. The van der Waals surface area contributed by atoms with E-state index in [4.69, 9.17) is 0 Å². The van der Waals surface area contributed by atoms with Crippen LogP contribution in [-0.2, 0) is 5.41 Å².